The van der Waals surface area contributed by atoms with Crippen LogP contribution in [0.1, 0.15) is 23.0 Å². The Bertz CT molecular complexity index is 292. The van der Waals surface area contributed by atoms with Crippen LogP contribution in [0, 0.1) is 13.8 Å². The third-order valence-corrected chi connectivity index (χ3v) is 1.74. The number of benzene rings is 1. The third kappa shape index (κ3) is 1.57. The average molecular weight is 167 g/mol. The smallest absolute Gasteiger partial charge is 0.122 e. The summed E-state index contributed by atoms with van der Waals surface area (Å²) in [6, 6.07) is 3.24. The molecule has 1 aromatic carbocycles. The lowest BCUT2D eigenvalue weighted by atomic mass is 10.1. The van der Waals surface area contributed by atoms with Crippen molar-refractivity contribution < 1.29 is 15.3 Å². The first kappa shape index (κ1) is 9.03. The maximum absolute atomic E-state index is 10.6. The normalized spacial score (nSPS) is 13.0. The average Bonchev–Trinajstić information content (AvgIpc) is 1.96. The molecule has 1 atom stereocenters. The number of hydrogen-bond acceptors (Lipinski definition) is 3. The second kappa shape index (κ2) is 3.13. The van der Waals surface area contributed by atoms with Gasteiger partial charge in [-0.3, -0.25) is 0 Å². The minimum absolute atomic E-state index is 0.0486. The summed E-state index contributed by atoms with van der Waals surface area (Å²) in [7, 11) is 0. The molecule has 0 amide bonds. The summed E-state index contributed by atoms with van der Waals surface area (Å²) in [5, 5.41) is 28.7. The molecule has 3 nitrogen and oxygen atoms in total. The highest BCUT2D eigenvalue weighted by Crippen LogP contribution is 2.26. The highest BCUT2D eigenvalue weighted by Gasteiger charge is 2.05. The van der Waals surface area contributed by atoms with Gasteiger partial charge in [-0.2, -0.15) is 0 Å². The van der Waals surface area contributed by atoms with E-state index in [4.69, 9.17) is 5.11 Å². The van der Waals surface area contributed by atoms with Crippen molar-refractivity contribution >= 4 is 0 Å². The number of aliphatic hydroxyl groups excluding tert-OH is 1. The van der Waals surface area contributed by atoms with Gasteiger partial charge in [-0.15, -0.1) is 0 Å². The van der Waals surface area contributed by atoms with Gasteiger partial charge in [0.25, 0.3) is 0 Å². The molecular formula is C9H11O3-. The van der Waals surface area contributed by atoms with E-state index in [1.54, 1.807) is 19.9 Å². The molecule has 66 valence electrons. The molecule has 0 saturated heterocycles. The molecule has 3 heteroatoms. The van der Waals surface area contributed by atoms with Crippen molar-refractivity contribution in [1.82, 2.24) is 0 Å². The van der Waals surface area contributed by atoms with E-state index < -0.39 is 6.29 Å². The Morgan fingerprint density at radius 2 is 1.92 bits per heavy atom. The fourth-order valence-corrected chi connectivity index (χ4v) is 1.18. The number of hydrogen-bond donors (Lipinski definition) is 2. The first-order valence-corrected chi connectivity index (χ1v) is 3.66. The Kier molecular flexibility index (Phi) is 2.35. The van der Waals surface area contributed by atoms with E-state index in [-0.39, 0.29) is 11.3 Å². The number of aryl methyl sites for hydroxylation is 2. The lowest BCUT2D eigenvalue weighted by Crippen LogP contribution is -2.14. The van der Waals surface area contributed by atoms with Crippen molar-refractivity contribution in [3.63, 3.8) is 0 Å². The van der Waals surface area contributed by atoms with Gasteiger partial charge in [0, 0.05) is 11.9 Å². The van der Waals surface area contributed by atoms with Gasteiger partial charge in [-0.25, -0.2) is 0 Å². The molecule has 0 spiro atoms. The van der Waals surface area contributed by atoms with Crippen LogP contribution in [-0.4, -0.2) is 10.2 Å². The molecule has 1 aromatic rings. The van der Waals surface area contributed by atoms with Gasteiger partial charge in [-0.05, 0) is 19.4 Å². The minimum Gasteiger partial charge on any atom is -0.828 e. The molecule has 0 saturated carbocycles. The lowest BCUT2D eigenvalue weighted by Gasteiger charge is -2.18. The van der Waals surface area contributed by atoms with Gasteiger partial charge in [0.15, 0.2) is 0 Å². The van der Waals surface area contributed by atoms with E-state index in [1.807, 2.05) is 0 Å². The van der Waals surface area contributed by atoms with Crippen LogP contribution in [0.25, 0.3) is 0 Å². The predicted octanol–water partition coefficient (Wildman–Crippen LogP) is 0.360. The fraction of sp³-hybridized carbons (Fsp3) is 0.333. The predicted molar refractivity (Wildman–Crippen MR) is 42.5 cm³/mol. The molecule has 12 heavy (non-hydrogen) atoms. The second-order valence-electron chi connectivity index (χ2n) is 2.87. The molecule has 0 aliphatic carbocycles. The standard InChI is InChI=1S/C9H11O3/c1-5-3-6(2)8(10)7(4-5)9(11)12/h3-4,9-11H,1-2H3/q-1. The summed E-state index contributed by atoms with van der Waals surface area (Å²) in [6.07, 6.45) is -1.86. The van der Waals surface area contributed by atoms with E-state index in [9.17, 15) is 10.2 Å². The second-order valence-corrected chi connectivity index (χ2v) is 2.87. The molecule has 0 fully saturated rings. The first-order valence-electron chi connectivity index (χ1n) is 3.66. The topological polar surface area (TPSA) is 63.5 Å². The zero-order chi connectivity index (χ0) is 9.30. The lowest BCUT2D eigenvalue weighted by molar-refractivity contribution is -0.490. The summed E-state index contributed by atoms with van der Waals surface area (Å²) < 4.78 is 0. The summed E-state index contributed by atoms with van der Waals surface area (Å²) >= 11 is 0. The van der Waals surface area contributed by atoms with Gasteiger partial charge in [-0.1, -0.05) is 17.7 Å². The molecule has 1 rings (SSSR count). The van der Waals surface area contributed by atoms with Gasteiger partial charge < -0.3 is 15.3 Å². The maximum atomic E-state index is 10.6. The van der Waals surface area contributed by atoms with Crippen LogP contribution in [-0.2, 0) is 0 Å². The van der Waals surface area contributed by atoms with Crippen LogP contribution in [0.3, 0.4) is 0 Å². The Morgan fingerprint density at radius 1 is 1.33 bits per heavy atom. The minimum atomic E-state index is -1.86. The van der Waals surface area contributed by atoms with E-state index in [0.29, 0.717) is 5.56 Å². The van der Waals surface area contributed by atoms with Crippen molar-refractivity contribution in [2.45, 2.75) is 20.1 Å². The van der Waals surface area contributed by atoms with Crippen molar-refractivity contribution in [2.24, 2.45) is 0 Å². The maximum Gasteiger partial charge on any atom is 0.122 e. The monoisotopic (exact) mass is 167 g/mol. The summed E-state index contributed by atoms with van der Waals surface area (Å²) in [6.45, 7) is 3.49. The van der Waals surface area contributed by atoms with Crippen LogP contribution in [0.4, 0.5) is 0 Å². The van der Waals surface area contributed by atoms with Crippen molar-refractivity contribution in [3.8, 4) is 5.75 Å². The van der Waals surface area contributed by atoms with Crippen LogP contribution >= 0.6 is 0 Å². The Hall–Kier alpha value is -1.06. The zero-order valence-corrected chi connectivity index (χ0v) is 7.03. The molecule has 0 radical (unpaired) electrons. The van der Waals surface area contributed by atoms with Gasteiger partial charge in [0.05, 0.1) is 0 Å². The van der Waals surface area contributed by atoms with E-state index in [0.717, 1.165) is 5.56 Å². The zero-order valence-electron chi connectivity index (χ0n) is 7.03. The Balaban J connectivity index is 3.28. The number of rotatable bonds is 1. The molecule has 0 heterocycles. The number of phenolic OH excluding ortho intramolecular Hbond substituents is 1. The molecule has 0 aromatic heterocycles. The van der Waals surface area contributed by atoms with E-state index in [2.05, 4.69) is 0 Å². The number of aromatic hydroxyl groups is 1. The molecule has 2 N–H and O–H groups in total. The van der Waals surface area contributed by atoms with Crippen LogP contribution in [0.2, 0.25) is 0 Å². The molecular weight excluding hydrogens is 156 g/mol. The SMILES string of the molecule is Cc1cc(C)c(O)c(C([O-])O)c1. The van der Waals surface area contributed by atoms with Crippen LogP contribution in [0.5, 0.6) is 5.75 Å². The largest absolute Gasteiger partial charge is 0.828 e. The fourth-order valence-electron chi connectivity index (χ4n) is 1.18. The molecule has 0 bridgehead atoms. The first-order chi connectivity index (χ1) is 5.52. The van der Waals surface area contributed by atoms with Crippen molar-refractivity contribution in [2.75, 3.05) is 0 Å². The van der Waals surface area contributed by atoms with E-state index >= 15 is 0 Å². The summed E-state index contributed by atoms with van der Waals surface area (Å²) in [5.74, 6) is -0.108. The number of phenols is 1. The summed E-state index contributed by atoms with van der Waals surface area (Å²) in [4.78, 5) is 0. The van der Waals surface area contributed by atoms with Gasteiger partial charge in [0.1, 0.15) is 5.75 Å². The van der Waals surface area contributed by atoms with Crippen molar-refractivity contribution in [1.29, 1.82) is 0 Å². The molecule has 0 aliphatic rings. The van der Waals surface area contributed by atoms with Crippen molar-refractivity contribution in [3.05, 3.63) is 28.8 Å². The summed E-state index contributed by atoms with van der Waals surface area (Å²) in [5.41, 5.74) is 1.52. The molecule has 1 unspecified atom stereocenters. The third-order valence-electron chi connectivity index (χ3n) is 1.74. The van der Waals surface area contributed by atoms with Crippen LogP contribution in [0.15, 0.2) is 12.1 Å². The number of aliphatic hydroxyl groups is 1. The Morgan fingerprint density at radius 3 is 2.42 bits per heavy atom. The Labute approximate surface area is 70.9 Å². The van der Waals surface area contributed by atoms with E-state index in [1.165, 1.54) is 6.07 Å². The quantitative estimate of drug-likeness (QED) is 0.593. The highest BCUT2D eigenvalue weighted by molar-refractivity contribution is 5.42. The van der Waals surface area contributed by atoms with Gasteiger partial charge >= 0.3 is 0 Å². The molecule has 0 aliphatic heterocycles. The van der Waals surface area contributed by atoms with Crippen LogP contribution < -0.4 is 5.11 Å². The van der Waals surface area contributed by atoms with Gasteiger partial charge in [0.2, 0.25) is 0 Å². The highest BCUT2D eigenvalue weighted by atomic mass is 16.5.